The number of hydrazine groups is 1. The van der Waals surface area contributed by atoms with Crippen molar-refractivity contribution in [3.05, 3.63) is 30.3 Å². The SMILES string of the molecule is CCC(CSc1ccccc1)NN(C(C)C)C(C)C. The lowest BCUT2D eigenvalue weighted by atomic mass is 10.2. The second kappa shape index (κ2) is 8.62. The Hall–Kier alpha value is -0.510. The van der Waals surface area contributed by atoms with E-state index in [1.165, 1.54) is 4.90 Å². The molecule has 0 fully saturated rings. The number of hydrogen-bond acceptors (Lipinski definition) is 3. The third kappa shape index (κ3) is 5.98. The van der Waals surface area contributed by atoms with Gasteiger partial charge < -0.3 is 0 Å². The fourth-order valence-electron chi connectivity index (χ4n) is 2.07. The van der Waals surface area contributed by atoms with E-state index in [0.717, 1.165) is 12.2 Å². The molecule has 3 heteroatoms. The van der Waals surface area contributed by atoms with Crippen molar-refractivity contribution < 1.29 is 0 Å². The molecule has 1 rings (SSSR count). The van der Waals surface area contributed by atoms with E-state index in [1.54, 1.807) is 0 Å². The molecule has 108 valence electrons. The molecule has 0 aliphatic carbocycles. The minimum Gasteiger partial charge on any atom is -0.251 e. The molecular weight excluding hydrogens is 252 g/mol. The summed E-state index contributed by atoms with van der Waals surface area (Å²) in [4.78, 5) is 1.35. The lowest BCUT2D eigenvalue weighted by Gasteiger charge is -2.34. The molecule has 0 spiro atoms. The number of hydrogen-bond donors (Lipinski definition) is 1. The summed E-state index contributed by atoms with van der Waals surface area (Å²) in [6, 6.07) is 12.2. The Labute approximate surface area is 122 Å². The van der Waals surface area contributed by atoms with Crippen molar-refractivity contribution in [1.29, 1.82) is 0 Å². The Balaban J connectivity index is 2.49. The molecule has 0 saturated carbocycles. The summed E-state index contributed by atoms with van der Waals surface area (Å²) in [7, 11) is 0. The fraction of sp³-hybridized carbons (Fsp3) is 0.625. The maximum Gasteiger partial charge on any atom is 0.0306 e. The highest BCUT2D eigenvalue weighted by molar-refractivity contribution is 7.99. The molecule has 1 aromatic carbocycles. The summed E-state index contributed by atoms with van der Waals surface area (Å²) in [5.74, 6) is 1.11. The van der Waals surface area contributed by atoms with Crippen LogP contribution in [0.4, 0.5) is 0 Å². The van der Waals surface area contributed by atoms with Gasteiger partial charge in [-0.3, -0.25) is 5.43 Å². The van der Waals surface area contributed by atoms with Crippen molar-refractivity contribution in [2.24, 2.45) is 0 Å². The molecule has 1 unspecified atom stereocenters. The molecule has 2 nitrogen and oxygen atoms in total. The normalized spacial score (nSPS) is 13.5. The first kappa shape index (κ1) is 16.5. The van der Waals surface area contributed by atoms with Crippen LogP contribution in [0.25, 0.3) is 0 Å². The van der Waals surface area contributed by atoms with Gasteiger partial charge in [-0.25, -0.2) is 5.01 Å². The van der Waals surface area contributed by atoms with Gasteiger partial charge in [0.15, 0.2) is 0 Å². The van der Waals surface area contributed by atoms with E-state index in [1.807, 2.05) is 11.8 Å². The summed E-state index contributed by atoms with van der Waals surface area (Å²) in [5.41, 5.74) is 3.69. The smallest absolute Gasteiger partial charge is 0.0306 e. The average Bonchev–Trinajstić information content (AvgIpc) is 2.39. The minimum atomic E-state index is 0.523. The molecule has 1 N–H and O–H groups in total. The summed E-state index contributed by atoms with van der Waals surface area (Å²) >= 11 is 1.93. The molecule has 0 heterocycles. The van der Waals surface area contributed by atoms with Crippen molar-refractivity contribution in [3.63, 3.8) is 0 Å². The number of nitrogens with one attached hydrogen (secondary N) is 1. The van der Waals surface area contributed by atoms with Crippen LogP contribution in [0.5, 0.6) is 0 Å². The highest BCUT2D eigenvalue weighted by Crippen LogP contribution is 2.19. The third-order valence-electron chi connectivity index (χ3n) is 3.13. The second-order valence-corrected chi connectivity index (χ2v) is 6.55. The molecule has 0 saturated heterocycles. The standard InChI is InChI=1S/C16H28N2S/c1-6-15(17-18(13(2)3)14(4)5)12-19-16-10-8-7-9-11-16/h7-11,13-15,17H,6,12H2,1-5H3. The zero-order chi connectivity index (χ0) is 14.3. The van der Waals surface area contributed by atoms with E-state index in [-0.39, 0.29) is 0 Å². The molecule has 19 heavy (non-hydrogen) atoms. The van der Waals surface area contributed by atoms with Crippen LogP contribution < -0.4 is 5.43 Å². The van der Waals surface area contributed by atoms with Crippen LogP contribution in [-0.2, 0) is 0 Å². The van der Waals surface area contributed by atoms with E-state index < -0.39 is 0 Å². The fourth-order valence-corrected chi connectivity index (χ4v) is 3.12. The van der Waals surface area contributed by atoms with Gasteiger partial charge in [-0.2, -0.15) is 0 Å². The van der Waals surface area contributed by atoms with Crippen LogP contribution in [0.3, 0.4) is 0 Å². The van der Waals surface area contributed by atoms with Gasteiger partial charge in [0.1, 0.15) is 0 Å². The van der Waals surface area contributed by atoms with Crippen LogP contribution in [0.2, 0.25) is 0 Å². The van der Waals surface area contributed by atoms with Crippen LogP contribution in [0, 0.1) is 0 Å². The minimum absolute atomic E-state index is 0.523. The number of thioether (sulfide) groups is 1. The van der Waals surface area contributed by atoms with Gasteiger partial charge >= 0.3 is 0 Å². The molecule has 1 atom stereocenters. The molecular formula is C16H28N2S. The number of benzene rings is 1. The first-order valence-corrected chi connectivity index (χ1v) is 8.25. The van der Waals surface area contributed by atoms with E-state index in [2.05, 4.69) is 75.4 Å². The summed E-state index contributed by atoms with van der Waals surface area (Å²) in [6.07, 6.45) is 1.15. The quantitative estimate of drug-likeness (QED) is 0.568. The van der Waals surface area contributed by atoms with Gasteiger partial charge in [-0.05, 0) is 46.2 Å². The Morgan fingerprint density at radius 1 is 1.05 bits per heavy atom. The zero-order valence-electron chi connectivity index (χ0n) is 12.9. The highest BCUT2D eigenvalue weighted by atomic mass is 32.2. The molecule has 0 aliphatic rings. The Morgan fingerprint density at radius 3 is 2.11 bits per heavy atom. The van der Waals surface area contributed by atoms with E-state index >= 15 is 0 Å². The first-order valence-electron chi connectivity index (χ1n) is 7.27. The van der Waals surface area contributed by atoms with Gasteiger partial charge in [-0.1, -0.05) is 25.1 Å². The monoisotopic (exact) mass is 280 g/mol. The van der Waals surface area contributed by atoms with Gasteiger partial charge in [0.25, 0.3) is 0 Å². The van der Waals surface area contributed by atoms with Crippen LogP contribution >= 0.6 is 11.8 Å². The lowest BCUT2D eigenvalue weighted by Crippen LogP contribution is -2.52. The highest BCUT2D eigenvalue weighted by Gasteiger charge is 2.17. The molecule has 0 bridgehead atoms. The van der Waals surface area contributed by atoms with Crippen LogP contribution in [0.15, 0.2) is 35.2 Å². The molecule has 0 aromatic heterocycles. The van der Waals surface area contributed by atoms with E-state index in [0.29, 0.717) is 18.1 Å². The van der Waals surface area contributed by atoms with Crippen molar-refractivity contribution in [2.75, 3.05) is 5.75 Å². The Bertz CT molecular complexity index is 330. The molecule has 0 aliphatic heterocycles. The third-order valence-corrected chi connectivity index (χ3v) is 4.31. The predicted octanol–water partition coefficient (Wildman–Crippen LogP) is 4.18. The lowest BCUT2D eigenvalue weighted by molar-refractivity contribution is 0.0842. The molecule has 0 radical (unpaired) electrons. The van der Waals surface area contributed by atoms with Crippen molar-refractivity contribution in [1.82, 2.24) is 10.4 Å². The second-order valence-electron chi connectivity index (χ2n) is 5.45. The van der Waals surface area contributed by atoms with Crippen molar-refractivity contribution >= 4 is 11.8 Å². The van der Waals surface area contributed by atoms with Crippen molar-refractivity contribution in [2.45, 2.75) is 64.1 Å². The average molecular weight is 280 g/mol. The summed E-state index contributed by atoms with van der Waals surface area (Å²) in [5, 5.41) is 2.36. The van der Waals surface area contributed by atoms with E-state index in [9.17, 15) is 0 Å². The largest absolute Gasteiger partial charge is 0.251 e. The van der Waals surface area contributed by atoms with Crippen molar-refractivity contribution in [3.8, 4) is 0 Å². The zero-order valence-corrected chi connectivity index (χ0v) is 13.7. The topological polar surface area (TPSA) is 15.3 Å². The van der Waals surface area contributed by atoms with Crippen LogP contribution in [-0.4, -0.2) is 28.9 Å². The molecule has 1 aromatic rings. The maximum absolute atomic E-state index is 3.69. The van der Waals surface area contributed by atoms with Gasteiger partial charge in [0, 0.05) is 28.8 Å². The predicted molar refractivity (Wildman–Crippen MR) is 86.5 cm³/mol. The number of nitrogens with zero attached hydrogens (tertiary/aromatic N) is 1. The summed E-state index contributed by atoms with van der Waals surface area (Å²) < 4.78 is 0. The Kier molecular flexibility index (Phi) is 7.51. The Morgan fingerprint density at radius 2 is 1.63 bits per heavy atom. The van der Waals surface area contributed by atoms with Gasteiger partial charge in [0.05, 0.1) is 0 Å². The first-order chi connectivity index (χ1) is 9.04. The van der Waals surface area contributed by atoms with Crippen LogP contribution in [0.1, 0.15) is 41.0 Å². The summed E-state index contributed by atoms with van der Waals surface area (Å²) in [6.45, 7) is 11.2. The molecule has 0 amide bonds. The van der Waals surface area contributed by atoms with Gasteiger partial charge in [-0.15, -0.1) is 11.8 Å². The van der Waals surface area contributed by atoms with Gasteiger partial charge in [0.2, 0.25) is 0 Å². The number of rotatable bonds is 8. The van der Waals surface area contributed by atoms with E-state index in [4.69, 9.17) is 0 Å². The maximum atomic E-state index is 3.69.